The highest BCUT2D eigenvalue weighted by Crippen LogP contribution is 2.39. The molecular formula is C14H24FO4P. The third-order valence-corrected chi connectivity index (χ3v) is 4.24. The SMILES string of the molecule is COC(=O)CCCC=CC[C@H]1C(OP)CC(F)[C@@H]1CO. The summed E-state index contributed by atoms with van der Waals surface area (Å²) in [5, 5.41) is 9.27. The van der Waals surface area contributed by atoms with Crippen LogP contribution in [0, 0.1) is 11.8 Å². The number of aliphatic hydroxyl groups is 1. The molecule has 6 heteroatoms. The Labute approximate surface area is 122 Å². The number of ether oxygens (including phenoxy) is 1. The van der Waals surface area contributed by atoms with Gasteiger partial charge in [0, 0.05) is 34.8 Å². The van der Waals surface area contributed by atoms with E-state index < -0.39 is 6.17 Å². The zero-order chi connectivity index (χ0) is 15.0. The third kappa shape index (κ3) is 5.12. The van der Waals surface area contributed by atoms with Crippen LogP contribution in [0.3, 0.4) is 0 Å². The van der Waals surface area contributed by atoms with E-state index in [1.807, 2.05) is 12.2 Å². The second-order valence-electron chi connectivity index (χ2n) is 5.11. The van der Waals surface area contributed by atoms with E-state index in [1.54, 1.807) is 0 Å². The van der Waals surface area contributed by atoms with E-state index in [-0.39, 0.29) is 30.5 Å². The van der Waals surface area contributed by atoms with Crippen LogP contribution >= 0.6 is 9.47 Å². The smallest absolute Gasteiger partial charge is 0.305 e. The second-order valence-corrected chi connectivity index (χ2v) is 5.38. The van der Waals surface area contributed by atoms with E-state index in [0.717, 1.165) is 12.8 Å². The molecule has 4 nitrogen and oxygen atoms in total. The first-order valence-corrected chi connectivity index (χ1v) is 7.43. The minimum Gasteiger partial charge on any atom is -0.469 e. The lowest BCUT2D eigenvalue weighted by Crippen LogP contribution is -2.23. The number of hydrogen-bond donors (Lipinski definition) is 1. The van der Waals surface area contributed by atoms with Gasteiger partial charge >= 0.3 is 5.97 Å². The fourth-order valence-corrected chi connectivity index (χ4v) is 3.00. The van der Waals surface area contributed by atoms with Gasteiger partial charge in [0.05, 0.1) is 13.2 Å². The quantitative estimate of drug-likeness (QED) is 0.324. The molecule has 1 rings (SSSR count). The Bertz CT molecular complexity index is 324. The van der Waals surface area contributed by atoms with Gasteiger partial charge in [-0.15, -0.1) is 0 Å². The molecule has 0 saturated heterocycles. The maximum atomic E-state index is 13.7. The molecule has 0 aromatic rings. The Hall–Kier alpha value is -0.510. The van der Waals surface area contributed by atoms with Gasteiger partial charge in [0.2, 0.25) is 0 Å². The molecule has 20 heavy (non-hydrogen) atoms. The van der Waals surface area contributed by atoms with Crippen LogP contribution in [0.4, 0.5) is 4.39 Å². The number of unbranched alkanes of at least 4 members (excludes halogenated alkanes) is 1. The number of carbonyl (C=O) groups excluding carboxylic acids is 1. The molecule has 116 valence electrons. The van der Waals surface area contributed by atoms with Gasteiger partial charge in [-0.05, 0) is 25.2 Å². The molecule has 1 N–H and O–H groups in total. The lowest BCUT2D eigenvalue weighted by atomic mass is 9.91. The molecule has 0 radical (unpaired) electrons. The van der Waals surface area contributed by atoms with Gasteiger partial charge in [0.25, 0.3) is 0 Å². The predicted octanol–water partition coefficient (Wildman–Crippen LogP) is 2.42. The summed E-state index contributed by atoms with van der Waals surface area (Å²) in [6, 6.07) is 0. The van der Waals surface area contributed by atoms with E-state index in [1.165, 1.54) is 7.11 Å². The molecule has 1 aliphatic carbocycles. The molecule has 3 unspecified atom stereocenters. The zero-order valence-corrected chi connectivity index (χ0v) is 13.0. The van der Waals surface area contributed by atoms with E-state index in [2.05, 4.69) is 14.2 Å². The first-order valence-electron chi connectivity index (χ1n) is 6.96. The van der Waals surface area contributed by atoms with Crippen molar-refractivity contribution in [3.05, 3.63) is 12.2 Å². The molecular weight excluding hydrogens is 282 g/mol. The van der Waals surface area contributed by atoms with E-state index in [4.69, 9.17) is 4.52 Å². The summed E-state index contributed by atoms with van der Waals surface area (Å²) in [4.78, 5) is 10.9. The average molecular weight is 306 g/mol. The molecule has 0 bridgehead atoms. The summed E-state index contributed by atoms with van der Waals surface area (Å²) < 4.78 is 23.5. The van der Waals surface area contributed by atoms with E-state index >= 15 is 0 Å². The Morgan fingerprint density at radius 3 is 2.80 bits per heavy atom. The van der Waals surface area contributed by atoms with Crippen molar-refractivity contribution >= 4 is 15.4 Å². The number of aliphatic hydroxyl groups excluding tert-OH is 1. The fraction of sp³-hybridized carbons (Fsp3) is 0.786. The third-order valence-electron chi connectivity index (χ3n) is 3.89. The van der Waals surface area contributed by atoms with Crippen LogP contribution in [0.2, 0.25) is 0 Å². The monoisotopic (exact) mass is 306 g/mol. The molecule has 5 atom stereocenters. The molecule has 0 aliphatic heterocycles. The van der Waals surface area contributed by atoms with Gasteiger partial charge in [-0.3, -0.25) is 4.79 Å². The number of alkyl halides is 1. The highest BCUT2D eigenvalue weighted by molar-refractivity contribution is 7.09. The van der Waals surface area contributed by atoms with Gasteiger partial charge in [0.1, 0.15) is 6.17 Å². The molecule has 0 heterocycles. The van der Waals surface area contributed by atoms with Crippen molar-refractivity contribution in [3.63, 3.8) is 0 Å². The van der Waals surface area contributed by atoms with Crippen LogP contribution in [-0.4, -0.2) is 37.1 Å². The largest absolute Gasteiger partial charge is 0.469 e. The first kappa shape index (κ1) is 17.5. The fourth-order valence-electron chi connectivity index (χ4n) is 2.69. The minimum absolute atomic E-state index is 0.00403. The Balaban J connectivity index is 2.33. The summed E-state index contributed by atoms with van der Waals surface area (Å²) in [6.45, 7) is -0.146. The van der Waals surface area contributed by atoms with Crippen molar-refractivity contribution < 1.29 is 23.6 Å². The standard InChI is InChI=1S/C14H24FO4P/c1-18-14(17)7-5-3-2-4-6-10-11(9-16)12(15)8-13(10)19-20/h2,4,10-13,16H,3,5-9,20H2,1H3/t10-,11-,12?,13?/m1/s1. The van der Waals surface area contributed by atoms with Crippen LogP contribution in [0.25, 0.3) is 0 Å². The van der Waals surface area contributed by atoms with Crippen LogP contribution in [0.1, 0.15) is 32.1 Å². The lowest BCUT2D eigenvalue weighted by Gasteiger charge is -2.21. The molecule has 1 fully saturated rings. The van der Waals surface area contributed by atoms with Gasteiger partial charge in [-0.1, -0.05) is 12.2 Å². The maximum absolute atomic E-state index is 13.7. The van der Waals surface area contributed by atoms with Crippen LogP contribution in [-0.2, 0) is 14.1 Å². The number of allylic oxidation sites excluding steroid dienone is 2. The van der Waals surface area contributed by atoms with Crippen molar-refractivity contribution in [2.75, 3.05) is 13.7 Å². The Kier molecular flexibility index (Phi) is 8.27. The molecule has 0 aromatic heterocycles. The number of esters is 1. The van der Waals surface area contributed by atoms with E-state index in [9.17, 15) is 14.3 Å². The number of methoxy groups -OCH3 is 1. The highest BCUT2D eigenvalue weighted by atomic mass is 31.0. The Morgan fingerprint density at radius 2 is 2.20 bits per heavy atom. The average Bonchev–Trinajstić information content (AvgIpc) is 2.77. The maximum Gasteiger partial charge on any atom is 0.305 e. The number of halogens is 1. The van der Waals surface area contributed by atoms with Crippen molar-refractivity contribution in [2.45, 2.75) is 44.4 Å². The minimum atomic E-state index is -0.997. The van der Waals surface area contributed by atoms with Crippen molar-refractivity contribution in [1.29, 1.82) is 0 Å². The van der Waals surface area contributed by atoms with Crippen molar-refractivity contribution in [3.8, 4) is 0 Å². The van der Waals surface area contributed by atoms with Crippen molar-refractivity contribution in [2.24, 2.45) is 11.8 Å². The summed E-state index contributed by atoms with van der Waals surface area (Å²) in [6.07, 6.45) is 5.78. The topological polar surface area (TPSA) is 55.8 Å². The predicted molar refractivity (Wildman–Crippen MR) is 77.8 cm³/mol. The van der Waals surface area contributed by atoms with Gasteiger partial charge in [0.15, 0.2) is 0 Å². The second kappa shape index (κ2) is 9.43. The van der Waals surface area contributed by atoms with E-state index in [0.29, 0.717) is 19.3 Å². The highest BCUT2D eigenvalue weighted by Gasteiger charge is 2.42. The molecule has 0 aromatic carbocycles. The summed E-state index contributed by atoms with van der Waals surface area (Å²) in [5.74, 6) is -0.545. The van der Waals surface area contributed by atoms with Crippen LogP contribution in [0.5, 0.6) is 0 Å². The normalized spacial score (nSPS) is 30.0. The molecule has 1 aliphatic rings. The first-order chi connectivity index (χ1) is 9.63. The molecule has 0 amide bonds. The Morgan fingerprint density at radius 1 is 1.45 bits per heavy atom. The van der Waals surface area contributed by atoms with Gasteiger partial charge < -0.3 is 14.4 Å². The van der Waals surface area contributed by atoms with Crippen LogP contribution < -0.4 is 0 Å². The van der Waals surface area contributed by atoms with Crippen LogP contribution in [0.15, 0.2) is 12.2 Å². The zero-order valence-electron chi connectivity index (χ0n) is 11.8. The summed E-state index contributed by atoms with van der Waals surface area (Å²) in [5.41, 5.74) is 0. The molecule has 1 saturated carbocycles. The number of hydrogen-bond acceptors (Lipinski definition) is 4. The number of rotatable bonds is 8. The molecule has 0 spiro atoms. The number of carbonyl (C=O) groups is 1. The van der Waals surface area contributed by atoms with Gasteiger partial charge in [-0.2, -0.15) is 0 Å². The summed E-state index contributed by atoms with van der Waals surface area (Å²) >= 11 is 0. The lowest BCUT2D eigenvalue weighted by molar-refractivity contribution is -0.140. The van der Waals surface area contributed by atoms with Gasteiger partial charge in [-0.25, -0.2) is 4.39 Å². The summed E-state index contributed by atoms with van der Waals surface area (Å²) in [7, 11) is 3.56. The van der Waals surface area contributed by atoms with Crippen molar-refractivity contribution in [1.82, 2.24) is 0 Å².